The van der Waals surface area contributed by atoms with Gasteiger partial charge in [0.2, 0.25) is 0 Å². The highest BCUT2D eigenvalue weighted by molar-refractivity contribution is 6.61. The number of carbonyl (C=O) groups is 1. The van der Waals surface area contributed by atoms with Crippen LogP contribution in [0.2, 0.25) is 0 Å². The smallest absolute Gasteiger partial charge is 0.461 e. The molecule has 0 saturated carbocycles. The third kappa shape index (κ3) is 3.36. The summed E-state index contributed by atoms with van der Waals surface area (Å²) < 4.78 is 16.6. The molecule has 5 heteroatoms. The van der Waals surface area contributed by atoms with Gasteiger partial charge in [-0.1, -0.05) is 24.3 Å². The van der Waals surface area contributed by atoms with Crippen molar-refractivity contribution >= 4 is 18.6 Å². The Balaban J connectivity index is 2.01. The van der Waals surface area contributed by atoms with Gasteiger partial charge in [-0.15, -0.1) is 0 Å². The molecule has 1 unspecified atom stereocenters. The Morgan fingerprint density at radius 2 is 2.00 bits per heavy atom. The second-order valence-corrected chi connectivity index (χ2v) is 5.35. The average molecular weight is 262 g/mol. The molecule has 1 aliphatic heterocycles. The van der Waals surface area contributed by atoms with E-state index in [0.29, 0.717) is 6.61 Å². The standard InChI is InChI=1S/C14H19BO4/c1-10-14(3,4)19-15(18-10)13-7-5-12(6-8-13)9-17-11(2)16/h5-8,10H,9H2,1-4H3. The van der Waals surface area contributed by atoms with Gasteiger partial charge in [0.15, 0.2) is 0 Å². The first kappa shape index (κ1) is 14.1. The van der Waals surface area contributed by atoms with E-state index in [0.717, 1.165) is 11.0 Å². The summed E-state index contributed by atoms with van der Waals surface area (Å²) in [6.45, 7) is 7.75. The molecule has 2 rings (SSSR count). The van der Waals surface area contributed by atoms with E-state index >= 15 is 0 Å². The molecule has 1 aliphatic rings. The van der Waals surface area contributed by atoms with Gasteiger partial charge in [0.25, 0.3) is 0 Å². The van der Waals surface area contributed by atoms with Crippen LogP contribution in [-0.4, -0.2) is 24.8 Å². The van der Waals surface area contributed by atoms with Crippen LogP contribution in [0.5, 0.6) is 0 Å². The molecular weight excluding hydrogens is 243 g/mol. The van der Waals surface area contributed by atoms with Gasteiger partial charge in [-0.25, -0.2) is 0 Å². The second-order valence-electron chi connectivity index (χ2n) is 5.35. The maximum absolute atomic E-state index is 10.7. The number of hydrogen-bond acceptors (Lipinski definition) is 4. The quantitative estimate of drug-likeness (QED) is 0.613. The van der Waals surface area contributed by atoms with Gasteiger partial charge in [0.1, 0.15) is 6.61 Å². The topological polar surface area (TPSA) is 44.8 Å². The minimum atomic E-state index is -0.326. The largest absolute Gasteiger partial charge is 0.494 e. The first-order valence-electron chi connectivity index (χ1n) is 6.44. The van der Waals surface area contributed by atoms with Crippen molar-refractivity contribution in [2.45, 2.75) is 46.0 Å². The molecule has 0 amide bonds. The lowest BCUT2D eigenvalue weighted by molar-refractivity contribution is -0.142. The van der Waals surface area contributed by atoms with Crippen molar-refractivity contribution in [3.8, 4) is 0 Å². The predicted molar refractivity (Wildman–Crippen MR) is 73.0 cm³/mol. The van der Waals surface area contributed by atoms with Crippen LogP contribution in [0.1, 0.15) is 33.3 Å². The van der Waals surface area contributed by atoms with Crippen LogP contribution in [0.25, 0.3) is 0 Å². The predicted octanol–water partition coefficient (Wildman–Crippen LogP) is 1.66. The third-order valence-electron chi connectivity index (χ3n) is 3.41. The molecule has 1 aromatic rings. The molecule has 0 bridgehead atoms. The SMILES string of the molecule is CC(=O)OCc1ccc(B2OC(C)C(C)(C)O2)cc1. The summed E-state index contributed by atoms with van der Waals surface area (Å²) in [6.07, 6.45) is 0.0539. The minimum Gasteiger partial charge on any atom is -0.461 e. The highest BCUT2D eigenvalue weighted by Crippen LogP contribution is 2.26. The van der Waals surface area contributed by atoms with E-state index < -0.39 is 0 Å². The molecule has 1 aromatic carbocycles. The van der Waals surface area contributed by atoms with Crippen molar-refractivity contribution in [1.29, 1.82) is 0 Å². The molecular formula is C14H19BO4. The summed E-state index contributed by atoms with van der Waals surface area (Å²) in [6, 6.07) is 7.72. The van der Waals surface area contributed by atoms with Crippen LogP contribution >= 0.6 is 0 Å². The lowest BCUT2D eigenvalue weighted by atomic mass is 9.79. The Morgan fingerprint density at radius 1 is 1.37 bits per heavy atom. The average Bonchev–Trinajstić information content (AvgIpc) is 2.62. The van der Waals surface area contributed by atoms with Gasteiger partial charge >= 0.3 is 13.1 Å². The zero-order valence-corrected chi connectivity index (χ0v) is 11.8. The van der Waals surface area contributed by atoms with E-state index in [2.05, 4.69) is 0 Å². The maximum atomic E-state index is 10.7. The molecule has 1 fully saturated rings. The van der Waals surface area contributed by atoms with Crippen LogP contribution < -0.4 is 5.46 Å². The molecule has 0 aliphatic carbocycles. The van der Waals surface area contributed by atoms with Gasteiger partial charge in [-0.2, -0.15) is 0 Å². The number of ether oxygens (including phenoxy) is 1. The van der Waals surface area contributed by atoms with Crippen LogP contribution in [0.3, 0.4) is 0 Å². The number of esters is 1. The van der Waals surface area contributed by atoms with Crippen LogP contribution in [0.4, 0.5) is 0 Å². The summed E-state index contributed by atoms with van der Waals surface area (Å²) in [7, 11) is -0.326. The first-order valence-corrected chi connectivity index (χ1v) is 6.44. The van der Waals surface area contributed by atoms with Crippen molar-refractivity contribution in [2.75, 3.05) is 0 Å². The summed E-state index contributed by atoms with van der Waals surface area (Å²) in [4.78, 5) is 10.7. The lowest BCUT2D eigenvalue weighted by Crippen LogP contribution is -2.34. The molecule has 102 valence electrons. The monoisotopic (exact) mass is 262 g/mol. The molecule has 0 spiro atoms. The normalized spacial score (nSPS) is 21.5. The number of benzene rings is 1. The highest BCUT2D eigenvalue weighted by Gasteiger charge is 2.43. The summed E-state index contributed by atoms with van der Waals surface area (Å²) in [5.74, 6) is -0.276. The summed E-state index contributed by atoms with van der Waals surface area (Å²) >= 11 is 0. The van der Waals surface area contributed by atoms with Crippen molar-refractivity contribution in [2.24, 2.45) is 0 Å². The van der Waals surface area contributed by atoms with Gasteiger partial charge in [-0.3, -0.25) is 4.79 Å². The first-order chi connectivity index (χ1) is 8.88. The van der Waals surface area contributed by atoms with Crippen molar-refractivity contribution in [3.63, 3.8) is 0 Å². The third-order valence-corrected chi connectivity index (χ3v) is 3.41. The van der Waals surface area contributed by atoms with Crippen LogP contribution in [0.15, 0.2) is 24.3 Å². The van der Waals surface area contributed by atoms with E-state index in [1.807, 2.05) is 45.0 Å². The fourth-order valence-corrected chi connectivity index (χ4v) is 1.85. The van der Waals surface area contributed by atoms with Gasteiger partial charge in [0, 0.05) is 6.92 Å². The van der Waals surface area contributed by atoms with Crippen molar-refractivity contribution in [1.82, 2.24) is 0 Å². The van der Waals surface area contributed by atoms with E-state index in [-0.39, 0.29) is 24.8 Å². The van der Waals surface area contributed by atoms with Crippen molar-refractivity contribution in [3.05, 3.63) is 29.8 Å². The number of hydrogen-bond donors (Lipinski definition) is 0. The molecule has 19 heavy (non-hydrogen) atoms. The van der Waals surface area contributed by atoms with Gasteiger partial charge in [0.05, 0.1) is 11.7 Å². The Kier molecular flexibility index (Phi) is 3.97. The van der Waals surface area contributed by atoms with Crippen LogP contribution in [-0.2, 0) is 25.4 Å². The summed E-state index contributed by atoms with van der Waals surface area (Å²) in [5.41, 5.74) is 1.65. The molecule has 0 N–H and O–H groups in total. The Labute approximate surface area is 114 Å². The maximum Gasteiger partial charge on any atom is 0.494 e. The van der Waals surface area contributed by atoms with Crippen molar-refractivity contribution < 1.29 is 18.8 Å². The van der Waals surface area contributed by atoms with E-state index in [4.69, 9.17) is 14.0 Å². The van der Waals surface area contributed by atoms with Gasteiger partial charge in [-0.05, 0) is 31.8 Å². The van der Waals surface area contributed by atoms with E-state index in [1.54, 1.807) is 0 Å². The summed E-state index contributed by atoms with van der Waals surface area (Å²) in [5, 5.41) is 0. The molecule has 0 radical (unpaired) electrons. The fraction of sp³-hybridized carbons (Fsp3) is 0.500. The number of carbonyl (C=O) groups excluding carboxylic acids is 1. The zero-order chi connectivity index (χ0) is 14.0. The zero-order valence-electron chi connectivity index (χ0n) is 11.8. The number of rotatable bonds is 3. The molecule has 1 atom stereocenters. The van der Waals surface area contributed by atoms with Gasteiger partial charge < -0.3 is 14.0 Å². The van der Waals surface area contributed by atoms with E-state index in [9.17, 15) is 4.79 Å². The molecule has 1 saturated heterocycles. The highest BCUT2D eigenvalue weighted by atomic mass is 16.7. The lowest BCUT2D eigenvalue weighted by Gasteiger charge is -2.21. The Bertz CT molecular complexity index is 455. The fourth-order valence-electron chi connectivity index (χ4n) is 1.85. The van der Waals surface area contributed by atoms with Crippen LogP contribution in [0, 0.1) is 0 Å². The molecule has 1 heterocycles. The Hall–Kier alpha value is -1.33. The second kappa shape index (κ2) is 5.35. The minimum absolute atomic E-state index is 0.0539. The molecule has 4 nitrogen and oxygen atoms in total. The molecule has 0 aromatic heterocycles. The Morgan fingerprint density at radius 3 is 2.47 bits per heavy atom. The van der Waals surface area contributed by atoms with E-state index in [1.165, 1.54) is 6.92 Å².